The lowest BCUT2D eigenvalue weighted by molar-refractivity contribution is -0.125. The lowest BCUT2D eigenvalue weighted by Crippen LogP contribution is -2.45. The molecule has 0 saturated carbocycles. The molecule has 0 aromatic heterocycles. The van der Waals surface area contributed by atoms with Crippen molar-refractivity contribution in [3.63, 3.8) is 0 Å². The summed E-state index contributed by atoms with van der Waals surface area (Å²) < 4.78 is 11.0. The van der Waals surface area contributed by atoms with Gasteiger partial charge in [-0.15, -0.1) is 0 Å². The number of nitrogens with one attached hydrogen (secondary N) is 1. The molecule has 0 fully saturated rings. The van der Waals surface area contributed by atoms with Crippen LogP contribution in [-0.4, -0.2) is 56.1 Å². The van der Waals surface area contributed by atoms with Crippen molar-refractivity contribution < 1.29 is 19.1 Å². The Balaban J connectivity index is 1.66. The maximum Gasteiger partial charge on any atom is 0.322 e. The van der Waals surface area contributed by atoms with Gasteiger partial charge in [0.05, 0.1) is 38.1 Å². The van der Waals surface area contributed by atoms with Gasteiger partial charge in [0, 0.05) is 19.2 Å². The van der Waals surface area contributed by atoms with Gasteiger partial charge in [0.25, 0.3) is 5.91 Å². The number of carbonyl (C=O) groups excluding carboxylic acids is 2. The minimum absolute atomic E-state index is 0.0670. The number of methoxy groups -OCH3 is 2. The fourth-order valence-electron chi connectivity index (χ4n) is 4.09. The normalized spacial score (nSPS) is 18.4. The van der Waals surface area contributed by atoms with Gasteiger partial charge in [0.1, 0.15) is 0 Å². The van der Waals surface area contributed by atoms with Crippen LogP contribution in [0.2, 0.25) is 0 Å². The van der Waals surface area contributed by atoms with Crippen molar-refractivity contribution >= 4 is 11.9 Å². The SMILES string of the molecule is COc1cccc([C@@H]2NC(=O)N(C)C3=C2C(=O)N(CCc2ccccc2)C3)c1OC. The van der Waals surface area contributed by atoms with Crippen LogP contribution < -0.4 is 14.8 Å². The Morgan fingerprint density at radius 2 is 1.80 bits per heavy atom. The summed E-state index contributed by atoms with van der Waals surface area (Å²) in [6, 6.07) is 14.7. The van der Waals surface area contributed by atoms with Crippen LogP contribution in [0.25, 0.3) is 0 Å². The zero-order chi connectivity index (χ0) is 21.3. The van der Waals surface area contributed by atoms with E-state index in [4.69, 9.17) is 9.47 Å². The number of hydrogen-bond acceptors (Lipinski definition) is 4. The quantitative estimate of drug-likeness (QED) is 0.799. The number of ether oxygens (including phenoxy) is 2. The smallest absolute Gasteiger partial charge is 0.322 e. The van der Waals surface area contributed by atoms with Crippen LogP contribution in [0.15, 0.2) is 59.8 Å². The first-order chi connectivity index (χ1) is 14.5. The molecule has 2 aromatic carbocycles. The third kappa shape index (κ3) is 3.36. The molecular weight excluding hydrogens is 382 g/mol. The Bertz CT molecular complexity index is 1000. The summed E-state index contributed by atoms with van der Waals surface area (Å²) in [6.07, 6.45) is 0.755. The van der Waals surface area contributed by atoms with Crippen LogP contribution in [0.1, 0.15) is 17.2 Å². The summed E-state index contributed by atoms with van der Waals surface area (Å²) in [6.45, 7) is 0.994. The molecule has 3 amide bonds. The van der Waals surface area contributed by atoms with Crippen molar-refractivity contribution in [2.45, 2.75) is 12.5 Å². The molecule has 0 radical (unpaired) electrons. The maximum absolute atomic E-state index is 13.4. The van der Waals surface area contributed by atoms with E-state index in [1.165, 1.54) is 10.5 Å². The predicted octanol–water partition coefficient (Wildman–Crippen LogP) is 2.74. The molecule has 0 aliphatic carbocycles. The van der Waals surface area contributed by atoms with Crippen LogP contribution >= 0.6 is 0 Å². The highest BCUT2D eigenvalue weighted by Crippen LogP contribution is 2.42. The third-order valence-corrected chi connectivity index (χ3v) is 5.69. The summed E-state index contributed by atoms with van der Waals surface area (Å²) in [5.74, 6) is 0.997. The van der Waals surface area contributed by atoms with Crippen molar-refractivity contribution in [3.05, 3.63) is 70.9 Å². The van der Waals surface area contributed by atoms with Gasteiger partial charge in [-0.25, -0.2) is 4.79 Å². The number of nitrogens with zero attached hydrogens (tertiary/aromatic N) is 2. The second kappa shape index (κ2) is 8.10. The van der Waals surface area contributed by atoms with Gasteiger partial charge in [0.2, 0.25) is 0 Å². The second-order valence-corrected chi connectivity index (χ2v) is 7.35. The highest BCUT2D eigenvalue weighted by Gasteiger charge is 2.43. The van der Waals surface area contributed by atoms with Crippen molar-refractivity contribution in [3.8, 4) is 11.5 Å². The third-order valence-electron chi connectivity index (χ3n) is 5.69. The number of urea groups is 1. The topological polar surface area (TPSA) is 71.1 Å². The monoisotopic (exact) mass is 407 g/mol. The molecule has 156 valence electrons. The summed E-state index contributed by atoms with van der Waals surface area (Å²) in [7, 11) is 4.80. The molecule has 2 aliphatic rings. The number of hydrogen-bond donors (Lipinski definition) is 1. The number of rotatable bonds is 6. The maximum atomic E-state index is 13.4. The van der Waals surface area contributed by atoms with E-state index in [0.29, 0.717) is 35.7 Å². The van der Waals surface area contributed by atoms with Gasteiger partial charge in [-0.1, -0.05) is 42.5 Å². The van der Waals surface area contributed by atoms with Gasteiger partial charge in [-0.3, -0.25) is 9.69 Å². The van der Waals surface area contributed by atoms with E-state index in [2.05, 4.69) is 17.4 Å². The number of likely N-dealkylation sites (N-methyl/N-ethyl adjacent to an activating group) is 1. The Kier molecular flexibility index (Phi) is 5.35. The lowest BCUT2D eigenvalue weighted by Gasteiger charge is -2.31. The van der Waals surface area contributed by atoms with Gasteiger partial charge < -0.3 is 19.7 Å². The van der Waals surface area contributed by atoms with Crippen molar-refractivity contribution in [2.24, 2.45) is 0 Å². The highest BCUT2D eigenvalue weighted by molar-refractivity contribution is 6.01. The summed E-state index contributed by atoms with van der Waals surface area (Å²) in [4.78, 5) is 29.3. The van der Waals surface area contributed by atoms with Crippen molar-refractivity contribution in [2.75, 3.05) is 34.4 Å². The van der Waals surface area contributed by atoms with Gasteiger partial charge >= 0.3 is 6.03 Å². The van der Waals surface area contributed by atoms with E-state index in [9.17, 15) is 9.59 Å². The van der Waals surface area contributed by atoms with Gasteiger partial charge in [0.15, 0.2) is 11.5 Å². The summed E-state index contributed by atoms with van der Waals surface area (Å²) in [5.41, 5.74) is 3.18. The summed E-state index contributed by atoms with van der Waals surface area (Å²) in [5, 5.41) is 2.95. The average Bonchev–Trinajstić information content (AvgIpc) is 3.11. The lowest BCUT2D eigenvalue weighted by atomic mass is 9.94. The van der Waals surface area contributed by atoms with E-state index in [1.807, 2.05) is 30.3 Å². The predicted molar refractivity (Wildman–Crippen MR) is 112 cm³/mol. The molecule has 0 unspecified atom stereocenters. The van der Waals surface area contributed by atoms with Gasteiger partial charge in [-0.2, -0.15) is 0 Å². The van der Waals surface area contributed by atoms with E-state index in [0.717, 1.165) is 12.1 Å². The minimum atomic E-state index is -0.594. The zero-order valence-corrected chi connectivity index (χ0v) is 17.3. The first-order valence-electron chi connectivity index (χ1n) is 9.86. The molecule has 1 atom stereocenters. The fourth-order valence-corrected chi connectivity index (χ4v) is 4.09. The molecule has 2 aliphatic heterocycles. The Labute approximate surface area is 175 Å². The van der Waals surface area contributed by atoms with Crippen LogP contribution in [0.3, 0.4) is 0 Å². The van der Waals surface area contributed by atoms with Crippen LogP contribution in [0, 0.1) is 0 Å². The van der Waals surface area contributed by atoms with Gasteiger partial charge in [-0.05, 0) is 18.1 Å². The van der Waals surface area contributed by atoms with Crippen molar-refractivity contribution in [1.29, 1.82) is 0 Å². The molecule has 7 heteroatoms. The molecule has 0 bridgehead atoms. The first-order valence-corrected chi connectivity index (χ1v) is 9.86. The Morgan fingerprint density at radius 3 is 2.50 bits per heavy atom. The molecule has 0 saturated heterocycles. The Hall–Kier alpha value is -3.48. The van der Waals surface area contributed by atoms with Crippen molar-refractivity contribution in [1.82, 2.24) is 15.1 Å². The summed E-state index contributed by atoms with van der Waals surface area (Å²) >= 11 is 0. The minimum Gasteiger partial charge on any atom is -0.493 e. The molecule has 7 nitrogen and oxygen atoms in total. The number of para-hydroxylation sites is 1. The molecule has 0 spiro atoms. The first kappa shape index (κ1) is 19.8. The molecule has 4 rings (SSSR count). The molecular formula is C23H25N3O4. The average molecular weight is 407 g/mol. The fraction of sp³-hybridized carbons (Fsp3) is 0.304. The van der Waals surface area contributed by atoms with Crippen LogP contribution in [0.5, 0.6) is 11.5 Å². The number of amides is 3. The second-order valence-electron chi connectivity index (χ2n) is 7.35. The Morgan fingerprint density at radius 1 is 1.03 bits per heavy atom. The van der Waals surface area contributed by atoms with E-state index in [-0.39, 0.29) is 11.9 Å². The highest BCUT2D eigenvalue weighted by atomic mass is 16.5. The van der Waals surface area contributed by atoms with E-state index < -0.39 is 6.04 Å². The van der Waals surface area contributed by atoms with E-state index in [1.54, 1.807) is 32.2 Å². The number of benzene rings is 2. The van der Waals surface area contributed by atoms with Crippen LogP contribution in [-0.2, 0) is 11.2 Å². The number of carbonyl (C=O) groups is 2. The molecule has 30 heavy (non-hydrogen) atoms. The zero-order valence-electron chi connectivity index (χ0n) is 17.3. The molecule has 2 heterocycles. The van der Waals surface area contributed by atoms with Crippen LogP contribution in [0.4, 0.5) is 4.79 Å². The molecule has 2 aromatic rings. The van der Waals surface area contributed by atoms with E-state index >= 15 is 0 Å². The standard InChI is InChI=1S/C23H25N3O4/c1-25-17-14-26(13-12-15-8-5-4-6-9-15)22(27)19(17)20(24-23(25)28)16-10-7-11-18(29-2)21(16)30-3/h4-11,20H,12-14H2,1-3H3,(H,24,28)/t20-/m0/s1. The molecule has 1 N–H and O–H groups in total. The largest absolute Gasteiger partial charge is 0.493 e.